The molecule has 2 unspecified atom stereocenters. The SMILES string of the molecule is CC(C)(C)OC(=O)N1C2CC[C@H](C2)C1C(=O)O. The van der Waals surface area contributed by atoms with Gasteiger partial charge in [-0.15, -0.1) is 0 Å². The van der Waals surface area contributed by atoms with Gasteiger partial charge in [0.2, 0.25) is 0 Å². The monoisotopic (exact) mass is 241 g/mol. The van der Waals surface area contributed by atoms with Crippen molar-refractivity contribution in [1.82, 2.24) is 4.90 Å². The lowest BCUT2D eigenvalue weighted by Crippen LogP contribution is -2.50. The summed E-state index contributed by atoms with van der Waals surface area (Å²) in [6.45, 7) is 5.36. The average molecular weight is 241 g/mol. The Hall–Kier alpha value is -1.26. The zero-order valence-electron chi connectivity index (χ0n) is 10.5. The largest absolute Gasteiger partial charge is 0.480 e. The molecule has 5 heteroatoms. The minimum absolute atomic E-state index is 0.0518. The van der Waals surface area contributed by atoms with E-state index >= 15 is 0 Å². The van der Waals surface area contributed by atoms with Crippen molar-refractivity contribution < 1.29 is 19.4 Å². The van der Waals surface area contributed by atoms with Crippen molar-refractivity contribution in [3.05, 3.63) is 0 Å². The van der Waals surface area contributed by atoms with Gasteiger partial charge in [0.1, 0.15) is 11.6 Å². The zero-order valence-corrected chi connectivity index (χ0v) is 10.5. The maximum absolute atomic E-state index is 12.0. The van der Waals surface area contributed by atoms with Crippen LogP contribution in [0, 0.1) is 5.92 Å². The lowest BCUT2D eigenvalue weighted by atomic mass is 9.99. The number of likely N-dealkylation sites (tertiary alicyclic amines) is 1. The van der Waals surface area contributed by atoms with Gasteiger partial charge in [0, 0.05) is 6.04 Å². The van der Waals surface area contributed by atoms with E-state index in [9.17, 15) is 14.7 Å². The van der Waals surface area contributed by atoms with Gasteiger partial charge in [-0.1, -0.05) is 0 Å². The Morgan fingerprint density at radius 2 is 1.94 bits per heavy atom. The van der Waals surface area contributed by atoms with Crippen LogP contribution in [0.25, 0.3) is 0 Å². The van der Waals surface area contributed by atoms with Crippen molar-refractivity contribution in [2.45, 2.75) is 57.7 Å². The maximum Gasteiger partial charge on any atom is 0.411 e. The summed E-state index contributed by atoms with van der Waals surface area (Å²) in [5, 5.41) is 9.20. The highest BCUT2D eigenvalue weighted by Crippen LogP contribution is 2.43. The molecule has 1 saturated carbocycles. The van der Waals surface area contributed by atoms with Crippen molar-refractivity contribution in [3.63, 3.8) is 0 Å². The van der Waals surface area contributed by atoms with E-state index in [0.29, 0.717) is 0 Å². The molecular weight excluding hydrogens is 222 g/mol. The van der Waals surface area contributed by atoms with Gasteiger partial charge in [0.05, 0.1) is 0 Å². The van der Waals surface area contributed by atoms with Crippen LogP contribution in [0.15, 0.2) is 0 Å². The highest BCUT2D eigenvalue weighted by atomic mass is 16.6. The summed E-state index contributed by atoms with van der Waals surface area (Å²) in [7, 11) is 0. The molecule has 1 aliphatic heterocycles. The van der Waals surface area contributed by atoms with Crippen LogP contribution >= 0.6 is 0 Å². The zero-order chi connectivity index (χ0) is 12.8. The molecule has 0 spiro atoms. The highest BCUT2D eigenvalue weighted by Gasteiger charge is 2.52. The van der Waals surface area contributed by atoms with Crippen LogP contribution in [0.5, 0.6) is 0 Å². The normalized spacial score (nSPS) is 31.7. The van der Waals surface area contributed by atoms with Gasteiger partial charge in [-0.2, -0.15) is 0 Å². The number of aliphatic carboxylic acids is 1. The van der Waals surface area contributed by atoms with Gasteiger partial charge in [-0.3, -0.25) is 4.90 Å². The number of carbonyl (C=O) groups is 2. The summed E-state index contributed by atoms with van der Waals surface area (Å²) < 4.78 is 5.28. The van der Waals surface area contributed by atoms with Crippen molar-refractivity contribution >= 4 is 12.1 Å². The Morgan fingerprint density at radius 3 is 2.47 bits per heavy atom. The molecule has 1 heterocycles. The molecular formula is C12H19NO4. The van der Waals surface area contributed by atoms with Crippen LogP contribution in [0.1, 0.15) is 40.0 Å². The quantitative estimate of drug-likeness (QED) is 0.761. The summed E-state index contributed by atoms with van der Waals surface area (Å²) in [5.41, 5.74) is -0.581. The first kappa shape index (κ1) is 12.2. The fraction of sp³-hybridized carbons (Fsp3) is 0.833. The maximum atomic E-state index is 12.0. The van der Waals surface area contributed by atoms with Crippen LogP contribution in [0.2, 0.25) is 0 Å². The summed E-state index contributed by atoms with van der Waals surface area (Å²) in [4.78, 5) is 24.7. The van der Waals surface area contributed by atoms with Crippen LogP contribution in [-0.2, 0) is 9.53 Å². The van der Waals surface area contributed by atoms with Crippen LogP contribution in [0.3, 0.4) is 0 Å². The molecule has 5 nitrogen and oxygen atoms in total. The number of ether oxygens (including phenoxy) is 1. The van der Waals surface area contributed by atoms with Crippen molar-refractivity contribution in [2.24, 2.45) is 5.92 Å². The number of piperidine rings is 1. The van der Waals surface area contributed by atoms with Gasteiger partial charge >= 0.3 is 12.1 Å². The topological polar surface area (TPSA) is 66.8 Å². The summed E-state index contributed by atoms with van der Waals surface area (Å²) >= 11 is 0. The number of carboxylic acid groups (broad SMARTS) is 1. The number of carboxylic acids is 1. The van der Waals surface area contributed by atoms with E-state index in [4.69, 9.17) is 4.74 Å². The van der Waals surface area contributed by atoms with Gasteiger partial charge in [-0.05, 0) is 46.0 Å². The third-order valence-electron chi connectivity index (χ3n) is 3.44. The molecule has 0 aromatic heterocycles. The smallest absolute Gasteiger partial charge is 0.411 e. The van der Waals surface area contributed by atoms with E-state index in [-0.39, 0.29) is 12.0 Å². The summed E-state index contributed by atoms with van der Waals surface area (Å²) in [6.07, 6.45) is 2.11. The Morgan fingerprint density at radius 1 is 1.29 bits per heavy atom. The number of fused-ring (bicyclic) bond motifs is 2. The van der Waals surface area contributed by atoms with E-state index < -0.39 is 23.7 Å². The third kappa shape index (κ3) is 2.23. The van der Waals surface area contributed by atoms with Gasteiger partial charge in [-0.25, -0.2) is 9.59 Å². The minimum atomic E-state index is -0.914. The predicted molar refractivity (Wildman–Crippen MR) is 60.6 cm³/mol. The first-order valence-corrected chi connectivity index (χ1v) is 6.04. The summed E-state index contributed by atoms with van der Waals surface area (Å²) in [6, 6.07) is -0.639. The summed E-state index contributed by atoms with van der Waals surface area (Å²) in [5.74, 6) is -0.812. The molecule has 2 rings (SSSR count). The second kappa shape index (κ2) is 3.89. The van der Waals surface area contributed by atoms with Gasteiger partial charge in [0.15, 0.2) is 0 Å². The third-order valence-corrected chi connectivity index (χ3v) is 3.44. The fourth-order valence-electron chi connectivity index (χ4n) is 2.88. The average Bonchev–Trinajstić information content (AvgIpc) is 2.72. The van der Waals surface area contributed by atoms with E-state index in [1.54, 1.807) is 20.8 Å². The van der Waals surface area contributed by atoms with Crippen LogP contribution in [-0.4, -0.2) is 39.8 Å². The van der Waals surface area contributed by atoms with E-state index in [0.717, 1.165) is 19.3 Å². The lowest BCUT2D eigenvalue weighted by Gasteiger charge is -2.34. The Labute approximate surface area is 101 Å². The van der Waals surface area contributed by atoms with Gasteiger partial charge in [0.25, 0.3) is 0 Å². The fourth-order valence-corrected chi connectivity index (χ4v) is 2.88. The van der Waals surface area contributed by atoms with E-state index in [2.05, 4.69) is 0 Å². The molecule has 2 fully saturated rings. The number of carbonyl (C=O) groups excluding carboxylic acids is 1. The van der Waals surface area contributed by atoms with Crippen LogP contribution in [0.4, 0.5) is 4.79 Å². The molecule has 17 heavy (non-hydrogen) atoms. The van der Waals surface area contributed by atoms with Crippen molar-refractivity contribution in [1.29, 1.82) is 0 Å². The van der Waals surface area contributed by atoms with Crippen molar-refractivity contribution in [2.75, 3.05) is 0 Å². The number of hydrogen-bond acceptors (Lipinski definition) is 3. The number of rotatable bonds is 1. The number of hydrogen-bond donors (Lipinski definition) is 1. The standard InChI is InChI=1S/C12H19NO4/c1-12(2,3)17-11(16)13-8-5-4-7(6-8)9(13)10(14)15/h7-9H,4-6H2,1-3H3,(H,14,15)/t7-,8?,9?/m1/s1. The molecule has 1 saturated heterocycles. The Kier molecular flexibility index (Phi) is 2.79. The van der Waals surface area contributed by atoms with Crippen molar-refractivity contribution in [3.8, 4) is 0 Å². The van der Waals surface area contributed by atoms with Gasteiger partial charge < -0.3 is 9.84 Å². The lowest BCUT2D eigenvalue weighted by molar-refractivity contribution is -0.144. The molecule has 0 aromatic rings. The molecule has 1 N–H and O–H groups in total. The molecule has 3 atom stereocenters. The molecule has 96 valence electrons. The molecule has 0 aromatic carbocycles. The predicted octanol–water partition coefficient (Wildman–Crippen LogP) is 1.86. The Balaban J connectivity index is 2.14. The second-order valence-electron chi connectivity index (χ2n) is 5.90. The molecule has 0 radical (unpaired) electrons. The second-order valence-corrected chi connectivity index (χ2v) is 5.90. The number of amides is 1. The molecule has 2 aliphatic rings. The Bertz CT molecular complexity index is 347. The van der Waals surface area contributed by atoms with Crippen LogP contribution < -0.4 is 0 Å². The number of nitrogens with zero attached hydrogens (tertiary/aromatic N) is 1. The van der Waals surface area contributed by atoms with E-state index in [1.165, 1.54) is 4.90 Å². The molecule has 1 aliphatic carbocycles. The highest BCUT2D eigenvalue weighted by molar-refractivity contribution is 5.82. The first-order valence-electron chi connectivity index (χ1n) is 6.04. The van der Waals surface area contributed by atoms with E-state index in [1.807, 2.05) is 0 Å². The first-order chi connectivity index (χ1) is 7.79. The molecule has 2 bridgehead atoms. The minimum Gasteiger partial charge on any atom is -0.480 e. The molecule has 1 amide bonds.